The van der Waals surface area contributed by atoms with Gasteiger partial charge in [-0.1, -0.05) is 6.08 Å². The summed E-state index contributed by atoms with van der Waals surface area (Å²) < 4.78 is 51.5. The Balaban J connectivity index is 1.53. The second-order valence-corrected chi connectivity index (χ2v) is 7.54. The minimum Gasteiger partial charge on any atom is -0.366 e. The number of urea groups is 1. The molecule has 2 unspecified atom stereocenters. The minimum absolute atomic E-state index is 0.147. The van der Waals surface area contributed by atoms with Crippen molar-refractivity contribution in [2.24, 2.45) is 0 Å². The van der Waals surface area contributed by atoms with Crippen molar-refractivity contribution in [3.63, 3.8) is 0 Å². The summed E-state index contributed by atoms with van der Waals surface area (Å²) in [5, 5.41) is 7.42. The van der Waals surface area contributed by atoms with Crippen molar-refractivity contribution >= 4 is 17.8 Å². The zero-order valence-corrected chi connectivity index (χ0v) is 16.4. The first-order valence-corrected chi connectivity index (χ1v) is 9.66. The van der Waals surface area contributed by atoms with Crippen LogP contribution in [0.3, 0.4) is 0 Å². The van der Waals surface area contributed by atoms with E-state index in [0.717, 1.165) is 19.2 Å². The predicted octanol–water partition coefficient (Wildman–Crippen LogP) is 1.91. The molecule has 31 heavy (non-hydrogen) atoms. The molecule has 2 bridgehead atoms. The van der Waals surface area contributed by atoms with E-state index in [1.165, 1.54) is 17.0 Å². The van der Waals surface area contributed by atoms with E-state index in [1.807, 2.05) is 10.2 Å². The third-order valence-electron chi connectivity index (χ3n) is 5.40. The highest BCUT2D eigenvalue weighted by molar-refractivity contribution is 5.91. The summed E-state index contributed by atoms with van der Waals surface area (Å²) in [6.07, 6.45) is 0.175. The molecule has 3 aliphatic heterocycles. The van der Waals surface area contributed by atoms with Gasteiger partial charge in [-0.2, -0.15) is 13.2 Å². The number of alkyl halides is 3. The van der Waals surface area contributed by atoms with Gasteiger partial charge in [-0.3, -0.25) is 15.0 Å². The molecule has 8 nitrogen and oxygen atoms in total. The lowest BCUT2D eigenvalue weighted by Gasteiger charge is -2.41. The lowest BCUT2D eigenvalue weighted by Crippen LogP contribution is -2.57. The van der Waals surface area contributed by atoms with Gasteiger partial charge in [-0.25, -0.2) is 14.2 Å². The zero-order valence-electron chi connectivity index (χ0n) is 16.4. The number of hydrogen-bond donors (Lipinski definition) is 3. The Labute approximate surface area is 175 Å². The quantitative estimate of drug-likeness (QED) is 0.625. The Morgan fingerprint density at radius 1 is 1.32 bits per heavy atom. The molecule has 1 aromatic heterocycles. The number of nitrogens with zero attached hydrogens (tertiary/aromatic N) is 3. The number of halogens is 4. The summed E-state index contributed by atoms with van der Waals surface area (Å²) in [7, 11) is 0. The Bertz CT molecular complexity index is 946. The molecular formula is C19H20F4N6O2. The second-order valence-electron chi connectivity index (χ2n) is 7.54. The fourth-order valence-corrected chi connectivity index (χ4v) is 3.76. The smallest absolute Gasteiger partial charge is 0.366 e. The Kier molecular flexibility index (Phi) is 5.23. The number of amides is 3. The van der Waals surface area contributed by atoms with Crippen LogP contribution in [0.25, 0.3) is 0 Å². The number of hydrogen-bond acceptors (Lipinski definition) is 5. The van der Waals surface area contributed by atoms with Crippen molar-refractivity contribution in [3.8, 4) is 0 Å². The predicted molar refractivity (Wildman–Crippen MR) is 102 cm³/mol. The number of rotatable bonds is 3. The topological polar surface area (TPSA) is 89.6 Å². The summed E-state index contributed by atoms with van der Waals surface area (Å²) in [4.78, 5) is 32.7. The van der Waals surface area contributed by atoms with E-state index in [1.54, 1.807) is 6.08 Å². The van der Waals surface area contributed by atoms with Crippen molar-refractivity contribution in [1.82, 2.24) is 25.4 Å². The first kappa shape index (κ1) is 20.9. The number of nitrogens with one attached hydrogen (secondary N) is 3. The van der Waals surface area contributed by atoms with Crippen LogP contribution >= 0.6 is 0 Å². The fraction of sp³-hybridized carbons (Fsp3) is 0.421. The first-order chi connectivity index (χ1) is 14.6. The largest absolute Gasteiger partial charge is 0.408 e. The molecule has 0 spiro atoms. The van der Waals surface area contributed by atoms with Gasteiger partial charge in [0.25, 0.3) is 0 Å². The van der Waals surface area contributed by atoms with Crippen LogP contribution in [0.5, 0.6) is 0 Å². The van der Waals surface area contributed by atoms with Crippen LogP contribution in [0.4, 0.5) is 28.2 Å². The van der Waals surface area contributed by atoms with E-state index in [-0.39, 0.29) is 11.9 Å². The van der Waals surface area contributed by atoms with Crippen LogP contribution in [0.15, 0.2) is 42.0 Å². The maximum atomic E-state index is 13.1. The molecule has 3 atom stereocenters. The van der Waals surface area contributed by atoms with Gasteiger partial charge in [0, 0.05) is 13.1 Å². The molecular weight excluding hydrogens is 420 g/mol. The van der Waals surface area contributed by atoms with E-state index in [9.17, 15) is 27.2 Å². The Morgan fingerprint density at radius 2 is 2.10 bits per heavy atom. The molecule has 0 aromatic carbocycles. The van der Waals surface area contributed by atoms with Gasteiger partial charge < -0.3 is 15.5 Å². The average Bonchev–Trinajstić information content (AvgIpc) is 3.13. The summed E-state index contributed by atoms with van der Waals surface area (Å²) in [6.45, 7) is 2.13. The van der Waals surface area contributed by atoms with Crippen molar-refractivity contribution in [3.05, 3.63) is 47.8 Å². The highest BCUT2D eigenvalue weighted by atomic mass is 19.4. The third kappa shape index (κ3) is 4.14. The van der Waals surface area contributed by atoms with E-state index in [0.29, 0.717) is 31.0 Å². The van der Waals surface area contributed by atoms with Crippen molar-refractivity contribution < 1.29 is 27.2 Å². The van der Waals surface area contributed by atoms with E-state index < -0.39 is 36.0 Å². The minimum atomic E-state index is -4.57. The van der Waals surface area contributed by atoms with Gasteiger partial charge in [0.1, 0.15) is 29.5 Å². The zero-order chi connectivity index (χ0) is 22.3. The van der Waals surface area contributed by atoms with Gasteiger partial charge in [0.15, 0.2) is 0 Å². The Morgan fingerprint density at radius 3 is 2.77 bits per heavy atom. The molecule has 1 fully saturated rings. The van der Waals surface area contributed by atoms with Gasteiger partial charge in [0.05, 0.1) is 17.9 Å². The molecule has 0 saturated carbocycles. The number of pyridine rings is 1. The molecule has 0 radical (unpaired) electrons. The highest BCUT2D eigenvalue weighted by Gasteiger charge is 2.43. The maximum absolute atomic E-state index is 13.1. The summed E-state index contributed by atoms with van der Waals surface area (Å²) >= 11 is 0. The highest BCUT2D eigenvalue weighted by Crippen LogP contribution is 2.33. The molecule has 4 rings (SSSR count). The molecule has 1 aromatic rings. The number of dihydropyridines is 1. The monoisotopic (exact) mass is 440 g/mol. The third-order valence-corrected chi connectivity index (χ3v) is 5.40. The fourth-order valence-electron chi connectivity index (χ4n) is 3.76. The molecule has 4 heterocycles. The van der Waals surface area contributed by atoms with Gasteiger partial charge in [-0.05, 0) is 31.6 Å². The second kappa shape index (κ2) is 7.75. The summed E-state index contributed by atoms with van der Waals surface area (Å²) in [5.41, 5.74) is 0.670. The molecule has 3 aliphatic rings. The molecule has 0 aliphatic carbocycles. The van der Waals surface area contributed by atoms with E-state index in [4.69, 9.17) is 0 Å². The average molecular weight is 440 g/mol. The van der Waals surface area contributed by atoms with Gasteiger partial charge >= 0.3 is 12.2 Å². The van der Waals surface area contributed by atoms with E-state index in [2.05, 4.69) is 15.6 Å². The SMILES string of the molecule is C[C@@H](NC(=O)C1C=CC2=C(N1)N(C(=O)Nc1ccc(F)cn1)C1CCN2C1)C(F)(F)F. The maximum Gasteiger partial charge on any atom is 0.408 e. The molecule has 3 N–H and O–H groups in total. The molecule has 166 valence electrons. The van der Waals surface area contributed by atoms with Crippen LogP contribution in [-0.2, 0) is 4.79 Å². The first-order valence-electron chi connectivity index (χ1n) is 9.66. The van der Waals surface area contributed by atoms with Crippen LogP contribution in [0.2, 0.25) is 0 Å². The van der Waals surface area contributed by atoms with Crippen molar-refractivity contribution in [2.75, 3.05) is 18.4 Å². The number of carbonyl (C=O) groups excluding carboxylic acids is 2. The number of aromatic nitrogens is 1. The van der Waals surface area contributed by atoms with Crippen LogP contribution in [-0.4, -0.2) is 64.1 Å². The van der Waals surface area contributed by atoms with Crippen molar-refractivity contribution in [2.45, 2.75) is 37.6 Å². The van der Waals surface area contributed by atoms with Gasteiger partial charge in [-0.15, -0.1) is 0 Å². The lowest BCUT2D eigenvalue weighted by molar-refractivity contribution is -0.158. The van der Waals surface area contributed by atoms with E-state index >= 15 is 0 Å². The van der Waals surface area contributed by atoms with Crippen LogP contribution in [0.1, 0.15) is 13.3 Å². The number of carbonyl (C=O) groups is 2. The van der Waals surface area contributed by atoms with Crippen LogP contribution < -0.4 is 16.0 Å². The lowest BCUT2D eigenvalue weighted by atomic mass is 10.1. The van der Waals surface area contributed by atoms with Gasteiger partial charge in [0.2, 0.25) is 5.91 Å². The normalized spacial score (nSPS) is 23.3. The summed E-state index contributed by atoms with van der Waals surface area (Å²) in [6, 6.07) is -1.36. The Hall–Kier alpha value is -3.31. The number of allylic oxidation sites excluding steroid dienone is 1. The number of anilines is 1. The molecule has 3 amide bonds. The number of fused-ring (bicyclic) bond motifs is 3. The molecule has 1 saturated heterocycles. The molecule has 12 heteroatoms. The standard InChI is InChI=1S/C19H20F4N6O2/c1-10(19(21,22)23)25-17(30)13-3-4-14-16(26-13)29(12-6-7-28(14)9-12)18(31)27-15-5-2-11(20)8-24-15/h2-5,8,10,12-13,26H,6-7,9H2,1H3,(H,25,30)(H,24,27,31)/t10-,12?,13?/m1/s1. The van der Waals surface area contributed by atoms with Crippen molar-refractivity contribution in [1.29, 1.82) is 0 Å². The summed E-state index contributed by atoms with van der Waals surface area (Å²) in [5.74, 6) is -0.932. The van der Waals surface area contributed by atoms with Crippen LogP contribution in [0, 0.1) is 5.82 Å².